The van der Waals surface area contributed by atoms with Gasteiger partial charge in [-0.15, -0.1) is 0 Å². The Kier molecular flexibility index (Phi) is 5.55. The van der Waals surface area contributed by atoms with Crippen molar-refractivity contribution in [3.63, 3.8) is 0 Å². The van der Waals surface area contributed by atoms with Gasteiger partial charge in [-0.05, 0) is 31.2 Å². The number of amides is 1. The van der Waals surface area contributed by atoms with Gasteiger partial charge in [0.1, 0.15) is 11.8 Å². The summed E-state index contributed by atoms with van der Waals surface area (Å²) in [6, 6.07) is 17.8. The highest BCUT2D eigenvalue weighted by molar-refractivity contribution is 5.91. The maximum absolute atomic E-state index is 12.1. The lowest BCUT2D eigenvalue weighted by Crippen LogP contribution is -3.10. The van der Waals surface area contributed by atoms with E-state index in [9.17, 15) is 4.79 Å². The van der Waals surface area contributed by atoms with Gasteiger partial charge >= 0.3 is 0 Å². The second-order valence-corrected chi connectivity index (χ2v) is 5.43. The van der Waals surface area contributed by atoms with Gasteiger partial charge in [0.25, 0.3) is 5.91 Å². The van der Waals surface area contributed by atoms with Crippen LogP contribution >= 0.6 is 0 Å². The van der Waals surface area contributed by atoms with Crippen LogP contribution < -0.4 is 15.0 Å². The summed E-state index contributed by atoms with van der Waals surface area (Å²) in [5.74, 6) is 0.781. The summed E-state index contributed by atoms with van der Waals surface area (Å²) < 4.78 is 5.10. The topological polar surface area (TPSA) is 42.8 Å². The number of carbonyl (C=O) groups excluding carboxylic acids is 1. The Morgan fingerprint density at radius 1 is 1.14 bits per heavy atom. The predicted molar refractivity (Wildman–Crippen MR) is 88.2 cm³/mol. The fourth-order valence-electron chi connectivity index (χ4n) is 2.31. The van der Waals surface area contributed by atoms with E-state index in [4.69, 9.17) is 4.74 Å². The van der Waals surface area contributed by atoms with Gasteiger partial charge in [-0.1, -0.05) is 30.3 Å². The zero-order chi connectivity index (χ0) is 15.9. The Labute approximate surface area is 131 Å². The van der Waals surface area contributed by atoms with E-state index in [0.717, 1.165) is 16.3 Å². The number of ether oxygens (including phenoxy) is 1. The molecule has 2 aromatic carbocycles. The summed E-state index contributed by atoms with van der Waals surface area (Å²) >= 11 is 0. The molecule has 2 N–H and O–H groups in total. The molecule has 0 aromatic heterocycles. The van der Waals surface area contributed by atoms with Gasteiger partial charge in [0, 0.05) is 11.3 Å². The van der Waals surface area contributed by atoms with Gasteiger partial charge in [-0.25, -0.2) is 0 Å². The Bertz CT molecular complexity index is 596. The molecule has 4 nitrogen and oxygen atoms in total. The maximum atomic E-state index is 12.1. The number of methoxy groups -OCH3 is 1. The summed E-state index contributed by atoms with van der Waals surface area (Å²) in [6.45, 7) is 2.55. The maximum Gasteiger partial charge on any atom is 0.279 e. The third-order valence-corrected chi connectivity index (χ3v) is 3.85. The molecule has 0 aliphatic carbocycles. The first-order chi connectivity index (χ1) is 10.6. The van der Waals surface area contributed by atoms with Gasteiger partial charge in [0.2, 0.25) is 0 Å². The fraction of sp³-hybridized carbons (Fsp3) is 0.278. The standard InChI is InChI=1S/C18H22N2O2/c1-14(15-7-5-4-6-8-15)20(2)13-18(21)19-16-9-11-17(22-3)12-10-16/h4-12,14H,13H2,1-3H3,(H,19,21)/p+1/t14-/m1/s1. The van der Waals surface area contributed by atoms with Gasteiger partial charge < -0.3 is 15.0 Å². The summed E-state index contributed by atoms with van der Waals surface area (Å²) in [7, 11) is 3.65. The lowest BCUT2D eigenvalue weighted by atomic mass is 10.1. The van der Waals surface area contributed by atoms with Crippen LogP contribution in [0, 0.1) is 0 Å². The van der Waals surface area contributed by atoms with Crippen molar-refractivity contribution in [3.8, 4) is 5.75 Å². The molecule has 2 aromatic rings. The summed E-state index contributed by atoms with van der Waals surface area (Å²) in [6.07, 6.45) is 0. The Morgan fingerprint density at radius 3 is 2.36 bits per heavy atom. The highest BCUT2D eigenvalue weighted by Gasteiger charge is 2.18. The normalized spacial score (nSPS) is 13.2. The van der Waals surface area contributed by atoms with Crippen molar-refractivity contribution >= 4 is 11.6 Å². The first-order valence-electron chi connectivity index (χ1n) is 7.41. The third-order valence-electron chi connectivity index (χ3n) is 3.85. The number of anilines is 1. The molecule has 4 heteroatoms. The summed E-state index contributed by atoms with van der Waals surface area (Å²) in [5.41, 5.74) is 2.02. The molecule has 2 atom stereocenters. The van der Waals surface area contributed by atoms with Crippen LogP contribution in [-0.4, -0.2) is 26.6 Å². The van der Waals surface area contributed by atoms with Gasteiger partial charge in [0.05, 0.1) is 14.2 Å². The van der Waals surface area contributed by atoms with E-state index in [1.165, 1.54) is 5.56 Å². The number of rotatable bonds is 6. The molecular weight excluding hydrogens is 276 g/mol. The predicted octanol–water partition coefficient (Wildman–Crippen LogP) is 1.91. The number of nitrogens with one attached hydrogen (secondary N) is 2. The molecule has 1 amide bonds. The zero-order valence-corrected chi connectivity index (χ0v) is 13.3. The van der Waals surface area contributed by atoms with Crippen LogP contribution in [0.3, 0.4) is 0 Å². The van der Waals surface area contributed by atoms with Crippen molar-refractivity contribution in [1.82, 2.24) is 0 Å². The zero-order valence-electron chi connectivity index (χ0n) is 13.3. The van der Waals surface area contributed by atoms with E-state index >= 15 is 0 Å². The van der Waals surface area contributed by atoms with Crippen LogP contribution in [0.15, 0.2) is 54.6 Å². The third kappa shape index (κ3) is 4.33. The molecule has 0 aliphatic heterocycles. The molecule has 0 saturated carbocycles. The summed E-state index contributed by atoms with van der Waals surface area (Å²) in [5, 5.41) is 2.92. The largest absolute Gasteiger partial charge is 0.497 e. The number of hydrogen-bond acceptors (Lipinski definition) is 2. The number of carbonyl (C=O) groups is 1. The van der Waals surface area contributed by atoms with Crippen molar-refractivity contribution < 1.29 is 14.4 Å². The molecule has 0 spiro atoms. The average Bonchev–Trinajstić information content (AvgIpc) is 2.55. The van der Waals surface area contributed by atoms with Crippen LogP contribution in [0.1, 0.15) is 18.5 Å². The van der Waals surface area contributed by atoms with E-state index in [0.29, 0.717) is 6.54 Å². The first kappa shape index (κ1) is 16.0. The van der Waals surface area contributed by atoms with Gasteiger partial charge in [0.15, 0.2) is 6.54 Å². The van der Waals surface area contributed by atoms with E-state index in [2.05, 4.69) is 24.4 Å². The molecule has 0 heterocycles. The van der Waals surface area contributed by atoms with Crippen LogP contribution in [0.5, 0.6) is 5.75 Å². The number of benzene rings is 2. The molecule has 0 radical (unpaired) electrons. The van der Waals surface area contributed by atoms with Crippen LogP contribution in [0.4, 0.5) is 5.69 Å². The minimum absolute atomic E-state index is 0.00504. The van der Waals surface area contributed by atoms with Crippen molar-refractivity contribution in [1.29, 1.82) is 0 Å². The van der Waals surface area contributed by atoms with E-state index in [1.54, 1.807) is 7.11 Å². The second kappa shape index (κ2) is 7.61. The molecule has 0 saturated heterocycles. The molecule has 0 bridgehead atoms. The van der Waals surface area contributed by atoms with Crippen molar-refractivity contribution in [3.05, 3.63) is 60.2 Å². The molecule has 0 fully saturated rings. The number of likely N-dealkylation sites (N-methyl/N-ethyl adjacent to an activating group) is 1. The lowest BCUT2D eigenvalue weighted by molar-refractivity contribution is -0.902. The Balaban J connectivity index is 1.90. The van der Waals surface area contributed by atoms with Gasteiger partial charge in [-0.2, -0.15) is 0 Å². The van der Waals surface area contributed by atoms with E-state index in [-0.39, 0.29) is 11.9 Å². The SMILES string of the molecule is COc1ccc(NC(=O)C[NH+](C)[C@H](C)c2ccccc2)cc1. The van der Waals surface area contributed by atoms with Crippen molar-refractivity contribution in [2.24, 2.45) is 0 Å². The molecule has 1 unspecified atom stereocenters. The minimum atomic E-state index is 0.00504. The molecule has 116 valence electrons. The molecule has 0 aliphatic rings. The first-order valence-corrected chi connectivity index (χ1v) is 7.41. The summed E-state index contributed by atoms with van der Waals surface area (Å²) in [4.78, 5) is 13.3. The fourth-order valence-corrected chi connectivity index (χ4v) is 2.31. The van der Waals surface area contributed by atoms with E-state index < -0.39 is 0 Å². The second-order valence-electron chi connectivity index (χ2n) is 5.43. The lowest BCUT2D eigenvalue weighted by Gasteiger charge is -2.21. The number of hydrogen-bond donors (Lipinski definition) is 2. The smallest absolute Gasteiger partial charge is 0.279 e. The van der Waals surface area contributed by atoms with Crippen molar-refractivity contribution in [2.75, 3.05) is 26.0 Å². The number of quaternary nitrogens is 1. The Morgan fingerprint density at radius 2 is 1.77 bits per heavy atom. The Hall–Kier alpha value is -2.33. The average molecular weight is 299 g/mol. The monoisotopic (exact) mass is 299 g/mol. The van der Waals surface area contributed by atoms with Crippen LogP contribution in [0.25, 0.3) is 0 Å². The van der Waals surface area contributed by atoms with Gasteiger partial charge in [-0.3, -0.25) is 4.79 Å². The molecule has 2 rings (SSSR count). The molecular formula is C18H23N2O2+. The van der Waals surface area contributed by atoms with Crippen molar-refractivity contribution in [2.45, 2.75) is 13.0 Å². The van der Waals surface area contributed by atoms with Crippen LogP contribution in [-0.2, 0) is 4.79 Å². The molecule has 22 heavy (non-hydrogen) atoms. The highest BCUT2D eigenvalue weighted by Crippen LogP contribution is 2.14. The minimum Gasteiger partial charge on any atom is -0.497 e. The quantitative estimate of drug-likeness (QED) is 0.855. The van der Waals surface area contributed by atoms with Crippen LogP contribution in [0.2, 0.25) is 0 Å². The van der Waals surface area contributed by atoms with E-state index in [1.807, 2.05) is 49.5 Å². The highest BCUT2D eigenvalue weighted by atomic mass is 16.5.